The predicted octanol–water partition coefficient (Wildman–Crippen LogP) is 2.46. The van der Waals surface area contributed by atoms with E-state index in [9.17, 15) is 4.39 Å². The van der Waals surface area contributed by atoms with Crippen molar-refractivity contribution in [2.45, 2.75) is 6.04 Å². The number of benzene rings is 1. The molecule has 2 aromatic rings. The van der Waals surface area contributed by atoms with Gasteiger partial charge in [-0.2, -0.15) is 0 Å². The molecule has 0 aliphatic rings. The van der Waals surface area contributed by atoms with Crippen LogP contribution in [-0.4, -0.2) is 11.6 Å². The van der Waals surface area contributed by atoms with Gasteiger partial charge in [0.2, 0.25) is 0 Å². The maximum absolute atomic E-state index is 13.1. The average molecular weight is 282 g/mol. The van der Waals surface area contributed by atoms with Gasteiger partial charge in [0, 0.05) is 11.2 Å². The molecule has 0 fully saturated rings. The molecule has 1 aromatic heterocycles. The molecular formula is C13H13ClFN3O. The van der Waals surface area contributed by atoms with E-state index in [2.05, 4.69) is 10.4 Å². The number of hydrazine groups is 1. The number of hydrogen-bond donors (Lipinski definition) is 2. The molecule has 19 heavy (non-hydrogen) atoms. The summed E-state index contributed by atoms with van der Waals surface area (Å²) in [5.41, 5.74) is 3.18. The van der Waals surface area contributed by atoms with Crippen molar-refractivity contribution in [2.75, 3.05) is 6.61 Å². The van der Waals surface area contributed by atoms with Crippen LogP contribution in [-0.2, 0) is 0 Å². The fourth-order valence-electron chi connectivity index (χ4n) is 1.60. The summed E-state index contributed by atoms with van der Waals surface area (Å²) in [5.74, 6) is 5.65. The molecule has 0 aliphatic heterocycles. The molecule has 1 aromatic carbocycles. The van der Waals surface area contributed by atoms with Gasteiger partial charge in [-0.1, -0.05) is 17.7 Å². The first-order valence-corrected chi connectivity index (χ1v) is 6.02. The molecule has 0 aliphatic carbocycles. The highest BCUT2D eigenvalue weighted by Gasteiger charge is 2.12. The van der Waals surface area contributed by atoms with Gasteiger partial charge in [-0.15, -0.1) is 0 Å². The molecule has 4 nitrogen and oxygen atoms in total. The number of pyridine rings is 1. The summed E-state index contributed by atoms with van der Waals surface area (Å²) in [6.07, 6.45) is 2.67. The lowest BCUT2D eigenvalue weighted by Gasteiger charge is -2.17. The van der Waals surface area contributed by atoms with Crippen molar-refractivity contribution in [2.24, 2.45) is 5.84 Å². The second-order valence-corrected chi connectivity index (χ2v) is 4.36. The summed E-state index contributed by atoms with van der Waals surface area (Å²) < 4.78 is 18.6. The summed E-state index contributed by atoms with van der Waals surface area (Å²) in [7, 11) is 0. The van der Waals surface area contributed by atoms with Crippen LogP contribution < -0.4 is 16.0 Å². The number of nitrogens with two attached hydrogens (primary N) is 1. The number of nitrogens with one attached hydrogen (secondary N) is 1. The molecule has 0 saturated heterocycles. The van der Waals surface area contributed by atoms with Crippen molar-refractivity contribution in [1.29, 1.82) is 0 Å². The molecule has 1 unspecified atom stereocenters. The Morgan fingerprint density at radius 3 is 2.89 bits per heavy atom. The third-order valence-corrected chi connectivity index (χ3v) is 2.78. The third-order valence-electron chi connectivity index (χ3n) is 2.54. The van der Waals surface area contributed by atoms with E-state index in [0.717, 1.165) is 6.20 Å². The molecule has 0 bridgehead atoms. The highest BCUT2D eigenvalue weighted by atomic mass is 35.5. The summed E-state index contributed by atoms with van der Waals surface area (Å²) in [6.45, 7) is 0.238. The van der Waals surface area contributed by atoms with Crippen LogP contribution in [0.2, 0.25) is 5.02 Å². The lowest BCUT2D eigenvalue weighted by molar-refractivity contribution is 0.267. The number of rotatable bonds is 5. The lowest BCUT2D eigenvalue weighted by atomic mass is 10.1. The smallest absolute Gasteiger partial charge is 0.141 e. The van der Waals surface area contributed by atoms with Crippen LogP contribution in [0.15, 0.2) is 42.7 Å². The number of ether oxygens (including phenoxy) is 1. The van der Waals surface area contributed by atoms with E-state index in [1.54, 1.807) is 24.3 Å². The highest BCUT2D eigenvalue weighted by molar-refractivity contribution is 6.30. The molecule has 0 spiro atoms. The first-order chi connectivity index (χ1) is 9.19. The molecule has 3 N–H and O–H groups in total. The van der Waals surface area contributed by atoms with Crippen LogP contribution in [0.5, 0.6) is 5.75 Å². The second kappa shape index (κ2) is 6.47. The standard InChI is InChI=1S/C13H13ClFN3O/c14-10-2-1-3-12(5-10)19-8-13(18-16)9-4-11(15)7-17-6-9/h1-7,13,18H,8,16H2. The van der Waals surface area contributed by atoms with Gasteiger partial charge in [-0.25, -0.2) is 9.82 Å². The number of halogens is 2. The van der Waals surface area contributed by atoms with Crippen LogP contribution in [0.4, 0.5) is 4.39 Å². The Hall–Kier alpha value is -1.69. The van der Waals surface area contributed by atoms with E-state index in [1.807, 2.05) is 0 Å². The van der Waals surface area contributed by atoms with Gasteiger partial charge in [0.15, 0.2) is 0 Å². The summed E-state index contributed by atoms with van der Waals surface area (Å²) >= 11 is 5.85. The van der Waals surface area contributed by atoms with Gasteiger partial charge < -0.3 is 4.74 Å². The first-order valence-electron chi connectivity index (χ1n) is 5.64. The Morgan fingerprint density at radius 2 is 2.21 bits per heavy atom. The summed E-state index contributed by atoms with van der Waals surface area (Å²) in [5, 5.41) is 0.585. The van der Waals surface area contributed by atoms with Gasteiger partial charge >= 0.3 is 0 Å². The van der Waals surface area contributed by atoms with Gasteiger partial charge in [-0.3, -0.25) is 10.8 Å². The largest absolute Gasteiger partial charge is 0.492 e. The van der Waals surface area contributed by atoms with Crippen molar-refractivity contribution in [1.82, 2.24) is 10.4 Å². The maximum Gasteiger partial charge on any atom is 0.141 e. The van der Waals surface area contributed by atoms with Gasteiger partial charge in [0.05, 0.1) is 12.2 Å². The Labute approximate surface area is 115 Å². The zero-order valence-electron chi connectivity index (χ0n) is 10.0. The predicted molar refractivity (Wildman–Crippen MR) is 71.2 cm³/mol. The fraction of sp³-hybridized carbons (Fsp3) is 0.154. The molecule has 2 rings (SSSR count). The average Bonchev–Trinajstić information content (AvgIpc) is 2.40. The third kappa shape index (κ3) is 3.89. The van der Waals surface area contributed by atoms with Crippen LogP contribution in [0.3, 0.4) is 0 Å². The van der Waals surface area contributed by atoms with Crippen LogP contribution in [0.1, 0.15) is 11.6 Å². The SMILES string of the molecule is NNC(COc1cccc(Cl)c1)c1cncc(F)c1. The molecule has 100 valence electrons. The summed E-state index contributed by atoms with van der Waals surface area (Å²) in [6, 6.07) is 8.01. The van der Waals surface area contributed by atoms with Gasteiger partial charge in [-0.05, 0) is 29.8 Å². The van der Waals surface area contributed by atoms with Crippen LogP contribution >= 0.6 is 11.6 Å². The van der Waals surface area contributed by atoms with E-state index in [0.29, 0.717) is 16.3 Å². The Morgan fingerprint density at radius 1 is 1.37 bits per heavy atom. The normalized spacial score (nSPS) is 12.2. The quantitative estimate of drug-likeness (QED) is 0.653. The molecule has 1 atom stereocenters. The minimum absolute atomic E-state index is 0.238. The maximum atomic E-state index is 13.1. The highest BCUT2D eigenvalue weighted by Crippen LogP contribution is 2.19. The first kappa shape index (κ1) is 13.7. The molecule has 0 amide bonds. The van der Waals surface area contributed by atoms with E-state index >= 15 is 0 Å². The van der Waals surface area contributed by atoms with Crippen LogP contribution in [0.25, 0.3) is 0 Å². The van der Waals surface area contributed by atoms with E-state index in [-0.39, 0.29) is 12.6 Å². The fourth-order valence-corrected chi connectivity index (χ4v) is 1.78. The topological polar surface area (TPSA) is 60.2 Å². The van der Waals surface area contributed by atoms with E-state index in [4.69, 9.17) is 22.2 Å². The van der Waals surface area contributed by atoms with E-state index < -0.39 is 5.82 Å². The molecule has 1 heterocycles. The van der Waals surface area contributed by atoms with Crippen molar-refractivity contribution in [3.63, 3.8) is 0 Å². The number of nitrogens with zero attached hydrogens (tertiary/aromatic N) is 1. The number of hydrogen-bond acceptors (Lipinski definition) is 4. The van der Waals surface area contributed by atoms with Gasteiger partial charge in [0.25, 0.3) is 0 Å². The van der Waals surface area contributed by atoms with Crippen molar-refractivity contribution >= 4 is 11.6 Å². The molecular weight excluding hydrogens is 269 g/mol. The number of aromatic nitrogens is 1. The minimum atomic E-state index is -0.416. The minimum Gasteiger partial charge on any atom is -0.492 e. The van der Waals surface area contributed by atoms with Crippen molar-refractivity contribution < 1.29 is 9.13 Å². The van der Waals surface area contributed by atoms with Gasteiger partial charge in [0.1, 0.15) is 18.2 Å². The van der Waals surface area contributed by atoms with Crippen LogP contribution in [0, 0.1) is 5.82 Å². The molecule has 0 radical (unpaired) electrons. The van der Waals surface area contributed by atoms with Crippen molar-refractivity contribution in [3.8, 4) is 5.75 Å². The Bertz CT molecular complexity index is 553. The Kier molecular flexibility index (Phi) is 4.68. The Balaban J connectivity index is 2.04. The molecule has 6 heteroatoms. The van der Waals surface area contributed by atoms with Crippen molar-refractivity contribution in [3.05, 3.63) is 59.1 Å². The second-order valence-electron chi connectivity index (χ2n) is 3.92. The zero-order chi connectivity index (χ0) is 13.7. The van der Waals surface area contributed by atoms with E-state index in [1.165, 1.54) is 12.3 Å². The lowest BCUT2D eigenvalue weighted by Crippen LogP contribution is -2.32. The summed E-state index contributed by atoms with van der Waals surface area (Å²) in [4.78, 5) is 3.77. The monoisotopic (exact) mass is 281 g/mol. The molecule has 0 saturated carbocycles. The zero-order valence-corrected chi connectivity index (χ0v) is 10.8.